The number of carbonyl (C=O) groups excluding carboxylic acids is 2. The number of amides is 2. The number of hydrogen-bond acceptors (Lipinski definition) is 4. The Morgan fingerprint density at radius 3 is 2.67 bits per heavy atom. The summed E-state index contributed by atoms with van der Waals surface area (Å²) >= 11 is 0. The van der Waals surface area contributed by atoms with E-state index >= 15 is 0 Å². The number of ether oxygens (including phenoxy) is 2. The summed E-state index contributed by atoms with van der Waals surface area (Å²) < 4.78 is 10.5. The molecular formula is C21H24N2O4. The Hall–Kier alpha value is -3.02. The van der Waals surface area contributed by atoms with Gasteiger partial charge in [0.2, 0.25) is 11.8 Å². The van der Waals surface area contributed by atoms with Gasteiger partial charge in [0, 0.05) is 25.6 Å². The minimum absolute atomic E-state index is 0.0000916. The predicted octanol–water partition coefficient (Wildman–Crippen LogP) is 3.00. The van der Waals surface area contributed by atoms with E-state index in [1.807, 2.05) is 31.2 Å². The summed E-state index contributed by atoms with van der Waals surface area (Å²) in [4.78, 5) is 26.8. The normalized spacial score (nSPS) is 16.3. The molecule has 2 aromatic carbocycles. The SMILES string of the molecule is COc1ccc(NC(=O)C2CC(=O)N(Cc3ccccc3C)C2)c(OC)c1. The molecule has 0 radical (unpaired) electrons. The Bertz CT molecular complexity index is 850. The van der Waals surface area contributed by atoms with Crippen LogP contribution in [-0.4, -0.2) is 37.5 Å². The highest BCUT2D eigenvalue weighted by Gasteiger charge is 2.34. The summed E-state index contributed by atoms with van der Waals surface area (Å²) in [5, 5.41) is 2.87. The lowest BCUT2D eigenvalue weighted by Gasteiger charge is -2.18. The molecule has 0 bridgehead atoms. The third kappa shape index (κ3) is 4.22. The summed E-state index contributed by atoms with van der Waals surface area (Å²) in [7, 11) is 3.10. The Kier molecular flexibility index (Phi) is 5.64. The highest BCUT2D eigenvalue weighted by atomic mass is 16.5. The third-order valence-electron chi connectivity index (χ3n) is 4.87. The number of likely N-dealkylation sites (tertiary alicyclic amines) is 1. The smallest absolute Gasteiger partial charge is 0.229 e. The van der Waals surface area contributed by atoms with E-state index in [-0.39, 0.29) is 24.2 Å². The van der Waals surface area contributed by atoms with Crippen LogP contribution in [0.3, 0.4) is 0 Å². The molecule has 1 saturated heterocycles. The molecule has 142 valence electrons. The van der Waals surface area contributed by atoms with Gasteiger partial charge < -0.3 is 19.7 Å². The van der Waals surface area contributed by atoms with E-state index in [1.165, 1.54) is 7.11 Å². The zero-order valence-electron chi connectivity index (χ0n) is 15.8. The van der Waals surface area contributed by atoms with Crippen molar-refractivity contribution in [2.24, 2.45) is 5.92 Å². The van der Waals surface area contributed by atoms with Crippen LogP contribution in [0.2, 0.25) is 0 Å². The van der Waals surface area contributed by atoms with Crippen molar-refractivity contribution in [1.82, 2.24) is 4.90 Å². The number of hydrogen-bond donors (Lipinski definition) is 1. The van der Waals surface area contributed by atoms with Crippen LogP contribution in [0.5, 0.6) is 11.5 Å². The molecule has 2 aromatic rings. The van der Waals surface area contributed by atoms with Gasteiger partial charge in [0.05, 0.1) is 25.8 Å². The Morgan fingerprint density at radius 1 is 1.19 bits per heavy atom. The van der Waals surface area contributed by atoms with Gasteiger partial charge in [-0.25, -0.2) is 0 Å². The van der Waals surface area contributed by atoms with Crippen molar-refractivity contribution in [3.8, 4) is 11.5 Å². The van der Waals surface area contributed by atoms with Gasteiger partial charge in [0.25, 0.3) is 0 Å². The molecule has 27 heavy (non-hydrogen) atoms. The van der Waals surface area contributed by atoms with Crippen molar-refractivity contribution in [3.63, 3.8) is 0 Å². The van der Waals surface area contributed by atoms with E-state index < -0.39 is 0 Å². The van der Waals surface area contributed by atoms with Gasteiger partial charge in [-0.2, -0.15) is 0 Å². The average Bonchev–Trinajstić information content (AvgIpc) is 3.04. The molecule has 0 spiro atoms. The molecule has 3 rings (SSSR count). The molecule has 1 unspecified atom stereocenters. The van der Waals surface area contributed by atoms with E-state index in [4.69, 9.17) is 9.47 Å². The molecule has 1 aliphatic heterocycles. The highest BCUT2D eigenvalue weighted by molar-refractivity contribution is 5.98. The summed E-state index contributed by atoms with van der Waals surface area (Å²) in [5.74, 6) is 0.599. The molecule has 0 aliphatic carbocycles. The summed E-state index contributed by atoms with van der Waals surface area (Å²) in [6, 6.07) is 13.2. The van der Waals surface area contributed by atoms with Crippen molar-refractivity contribution in [2.75, 3.05) is 26.1 Å². The lowest BCUT2D eigenvalue weighted by atomic mass is 10.1. The molecule has 6 nitrogen and oxygen atoms in total. The lowest BCUT2D eigenvalue weighted by molar-refractivity contribution is -0.128. The summed E-state index contributed by atoms with van der Waals surface area (Å²) in [6.45, 7) is 2.97. The van der Waals surface area contributed by atoms with E-state index in [9.17, 15) is 9.59 Å². The molecule has 0 saturated carbocycles. The number of nitrogens with one attached hydrogen (secondary N) is 1. The molecule has 1 atom stereocenters. The number of carbonyl (C=O) groups is 2. The zero-order valence-corrected chi connectivity index (χ0v) is 15.8. The first kappa shape index (κ1) is 18.8. The first-order valence-electron chi connectivity index (χ1n) is 8.87. The second-order valence-electron chi connectivity index (χ2n) is 6.66. The van der Waals surface area contributed by atoms with E-state index in [2.05, 4.69) is 5.32 Å². The molecule has 1 aliphatic rings. The van der Waals surface area contributed by atoms with E-state index in [1.54, 1.807) is 30.2 Å². The number of nitrogens with zero attached hydrogens (tertiary/aromatic N) is 1. The Labute approximate surface area is 159 Å². The summed E-state index contributed by atoms with van der Waals surface area (Å²) in [6.07, 6.45) is 0.218. The fourth-order valence-corrected chi connectivity index (χ4v) is 3.23. The van der Waals surface area contributed by atoms with Crippen LogP contribution in [-0.2, 0) is 16.1 Å². The lowest BCUT2D eigenvalue weighted by Crippen LogP contribution is -2.28. The number of rotatable bonds is 6. The minimum Gasteiger partial charge on any atom is -0.497 e. The van der Waals surface area contributed by atoms with Crippen LogP contribution >= 0.6 is 0 Å². The van der Waals surface area contributed by atoms with Gasteiger partial charge >= 0.3 is 0 Å². The quantitative estimate of drug-likeness (QED) is 0.851. The van der Waals surface area contributed by atoms with Crippen molar-refractivity contribution >= 4 is 17.5 Å². The molecule has 1 heterocycles. The van der Waals surface area contributed by atoms with Crippen molar-refractivity contribution in [1.29, 1.82) is 0 Å². The van der Waals surface area contributed by atoms with Gasteiger partial charge in [-0.15, -0.1) is 0 Å². The predicted molar refractivity (Wildman–Crippen MR) is 103 cm³/mol. The first-order valence-corrected chi connectivity index (χ1v) is 8.87. The van der Waals surface area contributed by atoms with Crippen LogP contribution < -0.4 is 14.8 Å². The molecule has 1 N–H and O–H groups in total. The molecule has 0 aromatic heterocycles. The average molecular weight is 368 g/mol. The topological polar surface area (TPSA) is 67.9 Å². The maximum Gasteiger partial charge on any atom is 0.229 e. The van der Waals surface area contributed by atoms with Crippen molar-refractivity contribution in [3.05, 3.63) is 53.6 Å². The number of anilines is 1. The van der Waals surface area contributed by atoms with Crippen LogP contribution in [0, 0.1) is 12.8 Å². The van der Waals surface area contributed by atoms with Gasteiger partial charge in [-0.05, 0) is 30.2 Å². The highest BCUT2D eigenvalue weighted by Crippen LogP contribution is 2.30. The van der Waals surface area contributed by atoms with Gasteiger partial charge in [0.15, 0.2) is 0 Å². The fourth-order valence-electron chi connectivity index (χ4n) is 3.23. The third-order valence-corrected chi connectivity index (χ3v) is 4.87. The fraction of sp³-hybridized carbons (Fsp3) is 0.333. The summed E-state index contributed by atoms with van der Waals surface area (Å²) in [5.41, 5.74) is 2.80. The maximum absolute atomic E-state index is 12.7. The van der Waals surface area contributed by atoms with Gasteiger partial charge in [0.1, 0.15) is 11.5 Å². The van der Waals surface area contributed by atoms with Crippen LogP contribution in [0.4, 0.5) is 5.69 Å². The molecule has 1 fully saturated rings. The van der Waals surface area contributed by atoms with Gasteiger partial charge in [-0.1, -0.05) is 24.3 Å². The van der Waals surface area contributed by atoms with Crippen LogP contribution in [0.15, 0.2) is 42.5 Å². The zero-order chi connectivity index (χ0) is 19.4. The maximum atomic E-state index is 12.7. The molecular weight excluding hydrogens is 344 g/mol. The standard InChI is InChI=1S/C21H24N2O4/c1-14-6-4-5-7-15(14)12-23-13-16(10-20(23)24)21(25)22-18-9-8-17(26-2)11-19(18)27-3/h4-9,11,16H,10,12-13H2,1-3H3,(H,22,25). The van der Waals surface area contributed by atoms with Crippen LogP contribution in [0.1, 0.15) is 17.5 Å². The van der Waals surface area contributed by atoms with Crippen molar-refractivity contribution in [2.45, 2.75) is 19.9 Å². The second kappa shape index (κ2) is 8.12. The monoisotopic (exact) mass is 368 g/mol. The number of benzene rings is 2. The Morgan fingerprint density at radius 2 is 1.96 bits per heavy atom. The van der Waals surface area contributed by atoms with Crippen LogP contribution in [0.25, 0.3) is 0 Å². The molecule has 6 heteroatoms. The number of aryl methyl sites for hydroxylation is 1. The molecule has 2 amide bonds. The Balaban J connectivity index is 1.66. The van der Waals surface area contributed by atoms with Crippen molar-refractivity contribution < 1.29 is 19.1 Å². The largest absolute Gasteiger partial charge is 0.497 e. The minimum atomic E-state index is -0.381. The number of methoxy groups -OCH3 is 2. The first-order chi connectivity index (χ1) is 13.0. The second-order valence-corrected chi connectivity index (χ2v) is 6.66. The van der Waals surface area contributed by atoms with E-state index in [0.717, 1.165) is 11.1 Å². The van der Waals surface area contributed by atoms with Gasteiger partial charge in [-0.3, -0.25) is 9.59 Å². The van der Waals surface area contributed by atoms with E-state index in [0.29, 0.717) is 30.3 Å².